The Morgan fingerprint density at radius 3 is 3.17 bits per heavy atom. The second kappa shape index (κ2) is 5.22. The standard InChI is InChI=1S/C8H11NOS2/c1-11-6-8(10)9-5-7-3-2-4-12-7/h2-4H,5-6H2,1H3,(H,9,10). The van der Waals surface area contributed by atoms with Gasteiger partial charge in [-0.15, -0.1) is 11.3 Å². The lowest BCUT2D eigenvalue weighted by atomic mass is 10.4. The molecule has 0 bridgehead atoms. The summed E-state index contributed by atoms with van der Waals surface area (Å²) in [5, 5.41) is 4.85. The maximum Gasteiger partial charge on any atom is 0.230 e. The minimum atomic E-state index is 0.107. The average Bonchev–Trinajstić information content (AvgIpc) is 2.53. The molecule has 1 aromatic rings. The Morgan fingerprint density at radius 2 is 2.58 bits per heavy atom. The molecule has 4 heteroatoms. The van der Waals surface area contributed by atoms with E-state index >= 15 is 0 Å². The van der Waals surface area contributed by atoms with E-state index in [1.807, 2.05) is 23.8 Å². The molecular weight excluding hydrogens is 190 g/mol. The van der Waals surface area contributed by atoms with Gasteiger partial charge in [-0.05, 0) is 17.7 Å². The molecule has 0 fully saturated rings. The number of amides is 1. The highest BCUT2D eigenvalue weighted by atomic mass is 32.2. The highest BCUT2D eigenvalue weighted by molar-refractivity contribution is 7.99. The molecule has 0 aliphatic heterocycles. The number of rotatable bonds is 4. The van der Waals surface area contributed by atoms with Gasteiger partial charge in [0.05, 0.1) is 12.3 Å². The second-order valence-electron chi connectivity index (χ2n) is 2.29. The number of thiophene rings is 1. The Bertz CT molecular complexity index is 233. The van der Waals surface area contributed by atoms with E-state index in [9.17, 15) is 4.79 Å². The van der Waals surface area contributed by atoms with E-state index in [0.717, 1.165) is 0 Å². The molecule has 0 saturated carbocycles. The van der Waals surface area contributed by atoms with Gasteiger partial charge < -0.3 is 5.32 Å². The van der Waals surface area contributed by atoms with Gasteiger partial charge in [-0.1, -0.05) is 6.07 Å². The quantitative estimate of drug-likeness (QED) is 0.803. The first kappa shape index (κ1) is 9.61. The molecule has 0 aromatic carbocycles. The van der Waals surface area contributed by atoms with E-state index in [2.05, 4.69) is 5.32 Å². The highest BCUT2D eigenvalue weighted by Crippen LogP contribution is 2.07. The highest BCUT2D eigenvalue weighted by Gasteiger charge is 1.99. The Balaban J connectivity index is 2.22. The third-order valence-corrected chi connectivity index (χ3v) is 2.74. The first-order valence-electron chi connectivity index (χ1n) is 3.61. The molecule has 12 heavy (non-hydrogen) atoms. The lowest BCUT2D eigenvalue weighted by molar-refractivity contribution is -0.118. The van der Waals surface area contributed by atoms with Crippen LogP contribution in [0.3, 0.4) is 0 Å². The first-order chi connectivity index (χ1) is 5.83. The van der Waals surface area contributed by atoms with Crippen molar-refractivity contribution in [3.05, 3.63) is 22.4 Å². The zero-order valence-electron chi connectivity index (χ0n) is 6.87. The fraction of sp³-hybridized carbons (Fsp3) is 0.375. The van der Waals surface area contributed by atoms with Crippen LogP contribution in [0.25, 0.3) is 0 Å². The van der Waals surface area contributed by atoms with Crippen LogP contribution in [-0.4, -0.2) is 17.9 Å². The Hall–Kier alpha value is -0.480. The molecule has 0 aliphatic rings. The monoisotopic (exact) mass is 201 g/mol. The topological polar surface area (TPSA) is 29.1 Å². The van der Waals surface area contributed by atoms with Crippen molar-refractivity contribution in [2.24, 2.45) is 0 Å². The molecule has 1 aromatic heterocycles. The largest absolute Gasteiger partial charge is 0.350 e. The Labute approximate surface area is 80.4 Å². The summed E-state index contributed by atoms with van der Waals surface area (Å²) in [4.78, 5) is 12.2. The van der Waals surface area contributed by atoms with Crippen LogP contribution in [0.2, 0.25) is 0 Å². The number of carbonyl (C=O) groups excluding carboxylic acids is 1. The van der Waals surface area contributed by atoms with Crippen molar-refractivity contribution >= 4 is 29.0 Å². The molecule has 0 saturated heterocycles. The number of carbonyl (C=O) groups is 1. The fourth-order valence-corrected chi connectivity index (χ4v) is 1.79. The van der Waals surface area contributed by atoms with Gasteiger partial charge in [0.2, 0.25) is 5.91 Å². The first-order valence-corrected chi connectivity index (χ1v) is 5.88. The number of nitrogens with one attached hydrogen (secondary N) is 1. The zero-order valence-corrected chi connectivity index (χ0v) is 8.50. The second-order valence-corrected chi connectivity index (χ2v) is 4.19. The van der Waals surface area contributed by atoms with Crippen molar-refractivity contribution in [3.63, 3.8) is 0 Å². The normalized spacial score (nSPS) is 9.75. The molecule has 1 heterocycles. The summed E-state index contributed by atoms with van der Waals surface area (Å²) < 4.78 is 0. The summed E-state index contributed by atoms with van der Waals surface area (Å²) >= 11 is 3.20. The van der Waals surface area contributed by atoms with Crippen molar-refractivity contribution in [2.75, 3.05) is 12.0 Å². The van der Waals surface area contributed by atoms with Gasteiger partial charge in [-0.2, -0.15) is 11.8 Å². The minimum absolute atomic E-state index is 0.107. The molecule has 1 amide bonds. The zero-order chi connectivity index (χ0) is 8.81. The van der Waals surface area contributed by atoms with E-state index in [-0.39, 0.29) is 5.91 Å². The summed E-state index contributed by atoms with van der Waals surface area (Å²) in [7, 11) is 0. The fourth-order valence-electron chi connectivity index (χ4n) is 0.781. The summed E-state index contributed by atoms with van der Waals surface area (Å²) in [6.45, 7) is 0.664. The molecule has 0 aliphatic carbocycles. The van der Waals surface area contributed by atoms with Gasteiger partial charge in [-0.25, -0.2) is 0 Å². The van der Waals surface area contributed by atoms with Gasteiger partial charge in [-0.3, -0.25) is 4.79 Å². The van der Waals surface area contributed by atoms with Gasteiger partial charge in [0.15, 0.2) is 0 Å². The van der Waals surface area contributed by atoms with E-state index < -0.39 is 0 Å². The number of thioether (sulfide) groups is 1. The third-order valence-electron chi connectivity index (χ3n) is 1.32. The van der Waals surface area contributed by atoms with E-state index in [1.54, 1.807) is 11.3 Å². The third kappa shape index (κ3) is 3.28. The number of hydrogen-bond acceptors (Lipinski definition) is 3. The smallest absolute Gasteiger partial charge is 0.230 e. The van der Waals surface area contributed by atoms with Crippen LogP contribution in [-0.2, 0) is 11.3 Å². The summed E-state index contributed by atoms with van der Waals surface area (Å²) in [6, 6.07) is 4.00. The van der Waals surface area contributed by atoms with Gasteiger partial charge in [0.1, 0.15) is 0 Å². The van der Waals surface area contributed by atoms with Crippen molar-refractivity contribution in [3.8, 4) is 0 Å². The molecule has 0 atom stereocenters. The van der Waals surface area contributed by atoms with Gasteiger partial charge in [0, 0.05) is 4.88 Å². The van der Waals surface area contributed by atoms with Crippen LogP contribution in [0, 0.1) is 0 Å². The summed E-state index contributed by atoms with van der Waals surface area (Å²) in [6.07, 6.45) is 1.92. The molecule has 0 radical (unpaired) electrons. The lowest BCUT2D eigenvalue weighted by Crippen LogP contribution is -2.23. The van der Waals surface area contributed by atoms with Crippen molar-refractivity contribution in [1.29, 1.82) is 0 Å². The summed E-state index contributed by atoms with van der Waals surface area (Å²) in [5.41, 5.74) is 0. The maximum absolute atomic E-state index is 11.0. The molecule has 1 rings (SSSR count). The van der Waals surface area contributed by atoms with Crippen LogP contribution in [0.4, 0.5) is 0 Å². The maximum atomic E-state index is 11.0. The number of hydrogen-bond donors (Lipinski definition) is 1. The van der Waals surface area contributed by atoms with Crippen molar-refractivity contribution in [1.82, 2.24) is 5.32 Å². The predicted molar refractivity (Wildman–Crippen MR) is 54.5 cm³/mol. The SMILES string of the molecule is CSCC(=O)NCc1cccs1. The van der Waals surface area contributed by atoms with E-state index in [0.29, 0.717) is 12.3 Å². The van der Waals surface area contributed by atoms with Gasteiger partial charge >= 0.3 is 0 Å². The van der Waals surface area contributed by atoms with Crippen LogP contribution in [0.15, 0.2) is 17.5 Å². The Morgan fingerprint density at radius 1 is 1.75 bits per heavy atom. The van der Waals surface area contributed by atoms with Crippen molar-refractivity contribution < 1.29 is 4.79 Å². The molecule has 2 nitrogen and oxygen atoms in total. The molecule has 1 N–H and O–H groups in total. The predicted octanol–water partition coefficient (Wildman–Crippen LogP) is 1.73. The minimum Gasteiger partial charge on any atom is -0.350 e. The van der Waals surface area contributed by atoms with Crippen LogP contribution >= 0.6 is 23.1 Å². The molecular formula is C8H11NOS2. The Kier molecular flexibility index (Phi) is 4.18. The molecule has 0 unspecified atom stereocenters. The van der Waals surface area contributed by atoms with Crippen molar-refractivity contribution in [2.45, 2.75) is 6.54 Å². The summed E-state index contributed by atoms with van der Waals surface area (Å²) in [5.74, 6) is 0.654. The molecule has 66 valence electrons. The van der Waals surface area contributed by atoms with Crippen LogP contribution in [0.5, 0.6) is 0 Å². The molecule has 0 spiro atoms. The van der Waals surface area contributed by atoms with Crippen LogP contribution in [0.1, 0.15) is 4.88 Å². The average molecular weight is 201 g/mol. The van der Waals surface area contributed by atoms with E-state index in [4.69, 9.17) is 0 Å². The lowest BCUT2D eigenvalue weighted by Gasteiger charge is -2.00. The van der Waals surface area contributed by atoms with Crippen LogP contribution < -0.4 is 5.32 Å². The van der Waals surface area contributed by atoms with E-state index in [1.165, 1.54) is 16.6 Å². The van der Waals surface area contributed by atoms with Gasteiger partial charge in [0.25, 0.3) is 0 Å².